The molecule has 2 rings (SSSR count). The Kier molecular flexibility index (Phi) is 9.95. The third-order valence-corrected chi connectivity index (χ3v) is 4.65. The predicted molar refractivity (Wildman–Crippen MR) is 116 cm³/mol. The number of ether oxygens (including phenoxy) is 4. The van der Waals surface area contributed by atoms with Crippen molar-refractivity contribution in [2.75, 3.05) is 20.2 Å². The molecule has 2 heterocycles. The molecule has 2 atom stereocenters. The van der Waals surface area contributed by atoms with Crippen molar-refractivity contribution in [3.63, 3.8) is 0 Å². The Morgan fingerprint density at radius 1 is 0.788 bits per heavy atom. The van der Waals surface area contributed by atoms with Crippen molar-refractivity contribution in [3.8, 4) is 6.26 Å². The van der Waals surface area contributed by atoms with E-state index in [-0.39, 0.29) is 5.97 Å². The highest BCUT2D eigenvalue weighted by atomic mass is 16.6. The first kappa shape index (κ1) is 28.0. The van der Waals surface area contributed by atoms with Gasteiger partial charge >= 0.3 is 24.1 Å². The average molecular weight is 470 g/mol. The molecule has 2 aliphatic heterocycles. The molecular formula is C22H35N3O8. The molecule has 0 radical (unpaired) electrons. The Hall–Kier alpha value is -3.03. The van der Waals surface area contributed by atoms with Gasteiger partial charge in [0.1, 0.15) is 23.3 Å². The summed E-state index contributed by atoms with van der Waals surface area (Å²) < 4.78 is 19.3. The van der Waals surface area contributed by atoms with Gasteiger partial charge in [0.15, 0.2) is 0 Å². The van der Waals surface area contributed by atoms with Crippen LogP contribution in [0.2, 0.25) is 0 Å². The highest BCUT2D eigenvalue weighted by Gasteiger charge is 2.38. The van der Waals surface area contributed by atoms with Gasteiger partial charge in [-0.3, -0.25) is 9.80 Å². The summed E-state index contributed by atoms with van der Waals surface area (Å²) in [5, 5.41) is 8.28. The number of methoxy groups -OCH3 is 1. The van der Waals surface area contributed by atoms with E-state index in [1.54, 1.807) is 41.5 Å². The van der Waals surface area contributed by atoms with E-state index in [2.05, 4.69) is 9.47 Å². The minimum atomic E-state index is -0.704. The fraction of sp³-hybridized carbons (Fsp3) is 0.773. The lowest BCUT2D eigenvalue weighted by molar-refractivity contribution is -0.145. The number of rotatable bonds is 2. The van der Waals surface area contributed by atoms with E-state index in [0.29, 0.717) is 32.4 Å². The number of carbonyl (C=O) groups is 4. The zero-order chi connectivity index (χ0) is 25.4. The number of nitrogens with zero attached hydrogens (tertiary/aromatic N) is 3. The molecule has 2 fully saturated rings. The zero-order valence-electron chi connectivity index (χ0n) is 20.5. The van der Waals surface area contributed by atoms with Gasteiger partial charge in [-0.25, -0.2) is 19.2 Å². The van der Waals surface area contributed by atoms with Crippen LogP contribution in [-0.2, 0) is 28.5 Å². The molecule has 11 heteroatoms. The largest absolute Gasteiger partial charge is 0.467 e. The summed E-state index contributed by atoms with van der Waals surface area (Å²) in [6.45, 7) is 11.7. The normalized spacial score (nSPS) is 20.2. The molecule has 0 saturated carbocycles. The highest BCUT2D eigenvalue weighted by Crippen LogP contribution is 2.22. The number of carbonyl (C=O) groups excluding carboxylic acids is 4. The lowest BCUT2D eigenvalue weighted by atomic mass is 10.2. The molecule has 33 heavy (non-hydrogen) atoms. The Labute approximate surface area is 194 Å². The maximum Gasteiger partial charge on any atom is 0.411 e. The first-order valence-electron chi connectivity index (χ1n) is 10.9. The second-order valence-electron chi connectivity index (χ2n) is 9.70. The Balaban J connectivity index is 0.000000331. The molecule has 0 spiro atoms. The van der Waals surface area contributed by atoms with E-state index in [1.165, 1.54) is 23.2 Å². The van der Waals surface area contributed by atoms with Gasteiger partial charge in [0.25, 0.3) is 6.26 Å². The molecule has 0 aliphatic carbocycles. The molecule has 2 aliphatic rings. The van der Waals surface area contributed by atoms with Crippen LogP contribution in [0.15, 0.2) is 0 Å². The molecule has 2 saturated heterocycles. The van der Waals surface area contributed by atoms with E-state index in [1.807, 2.05) is 0 Å². The fourth-order valence-corrected chi connectivity index (χ4v) is 3.35. The van der Waals surface area contributed by atoms with Crippen molar-refractivity contribution in [3.05, 3.63) is 0 Å². The SMILES string of the molecule is CC(C)(C)OC(=O)N1CCC[C@H]1C(=O)OC#N.COC(=O)[C@@H]1CCCN1C(=O)OC(C)(C)C. The van der Waals surface area contributed by atoms with Crippen LogP contribution in [0.3, 0.4) is 0 Å². The number of hydrogen-bond donors (Lipinski definition) is 0. The third kappa shape index (κ3) is 9.16. The van der Waals surface area contributed by atoms with Gasteiger partial charge in [0.05, 0.1) is 7.11 Å². The van der Waals surface area contributed by atoms with Crippen LogP contribution in [0.25, 0.3) is 0 Å². The number of esters is 2. The van der Waals surface area contributed by atoms with Crippen molar-refractivity contribution >= 4 is 24.1 Å². The van der Waals surface area contributed by atoms with Crippen LogP contribution < -0.4 is 0 Å². The van der Waals surface area contributed by atoms with Crippen LogP contribution in [0.1, 0.15) is 67.2 Å². The molecule has 11 nitrogen and oxygen atoms in total. The fourth-order valence-electron chi connectivity index (χ4n) is 3.35. The standard InChI is InChI=1S/C11H16N2O4.C11H19NO4/c1-11(2,3)17-10(15)13-6-4-5-8(13)9(14)16-7-12;1-11(2,3)16-10(14)12-7-5-6-8(12)9(13)15-4/h8H,4-6H2,1-3H3;8H,5-7H2,1-4H3/t2*8-/m00/s1. The van der Waals surface area contributed by atoms with Crippen molar-refractivity contribution < 1.29 is 38.1 Å². The first-order chi connectivity index (χ1) is 15.2. The summed E-state index contributed by atoms with van der Waals surface area (Å²) >= 11 is 0. The van der Waals surface area contributed by atoms with Gasteiger partial charge in [0, 0.05) is 13.1 Å². The van der Waals surface area contributed by atoms with E-state index >= 15 is 0 Å². The van der Waals surface area contributed by atoms with Crippen molar-refractivity contribution in [2.24, 2.45) is 0 Å². The van der Waals surface area contributed by atoms with Crippen molar-refractivity contribution in [1.29, 1.82) is 5.26 Å². The summed E-state index contributed by atoms with van der Waals surface area (Å²) in [5.41, 5.74) is -1.15. The molecule has 0 unspecified atom stereocenters. The Bertz CT molecular complexity index is 763. The number of nitriles is 1. The molecule has 0 aromatic heterocycles. The van der Waals surface area contributed by atoms with E-state index in [0.717, 1.165) is 6.42 Å². The second kappa shape index (κ2) is 11.7. The second-order valence-corrected chi connectivity index (χ2v) is 9.70. The first-order valence-corrected chi connectivity index (χ1v) is 10.9. The van der Waals surface area contributed by atoms with Crippen molar-refractivity contribution in [2.45, 2.75) is 90.5 Å². The summed E-state index contributed by atoms with van der Waals surface area (Å²) in [4.78, 5) is 49.2. The maximum atomic E-state index is 11.8. The van der Waals surface area contributed by atoms with E-state index < -0.39 is 41.4 Å². The number of likely N-dealkylation sites (tertiary alicyclic amines) is 2. The average Bonchev–Trinajstić information content (AvgIpc) is 3.35. The number of hydrogen-bond acceptors (Lipinski definition) is 9. The number of amides is 2. The molecule has 186 valence electrons. The minimum Gasteiger partial charge on any atom is -0.467 e. The quantitative estimate of drug-likeness (QED) is 0.340. The van der Waals surface area contributed by atoms with Gasteiger partial charge in [-0.05, 0) is 67.2 Å². The van der Waals surface area contributed by atoms with E-state index in [4.69, 9.17) is 14.7 Å². The molecular weight excluding hydrogens is 434 g/mol. The highest BCUT2D eigenvalue weighted by molar-refractivity contribution is 5.83. The predicted octanol–water partition coefficient (Wildman–Crippen LogP) is 2.97. The smallest absolute Gasteiger partial charge is 0.411 e. The topological polar surface area (TPSA) is 135 Å². The Morgan fingerprint density at radius 3 is 1.52 bits per heavy atom. The maximum absolute atomic E-state index is 11.8. The van der Waals surface area contributed by atoms with Gasteiger partial charge in [-0.2, -0.15) is 0 Å². The Morgan fingerprint density at radius 2 is 1.18 bits per heavy atom. The summed E-state index contributed by atoms with van der Waals surface area (Å²) in [5.74, 6) is -1.07. The summed E-state index contributed by atoms with van der Waals surface area (Å²) in [7, 11) is 1.33. The summed E-state index contributed by atoms with van der Waals surface area (Å²) in [6.07, 6.45) is 2.98. The molecule has 0 aromatic carbocycles. The van der Waals surface area contributed by atoms with Gasteiger partial charge in [-0.15, -0.1) is 5.26 Å². The van der Waals surface area contributed by atoms with Crippen LogP contribution in [0, 0.1) is 11.5 Å². The van der Waals surface area contributed by atoms with Crippen LogP contribution in [-0.4, -0.2) is 77.4 Å². The van der Waals surface area contributed by atoms with Crippen LogP contribution in [0.5, 0.6) is 0 Å². The monoisotopic (exact) mass is 469 g/mol. The van der Waals surface area contributed by atoms with Crippen molar-refractivity contribution in [1.82, 2.24) is 9.80 Å². The molecule has 0 bridgehead atoms. The summed E-state index contributed by atoms with van der Waals surface area (Å²) in [6, 6.07) is -1.19. The molecule has 0 N–H and O–H groups in total. The third-order valence-electron chi connectivity index (χ3n) is 4.65. The lowest BCUT2D eigenvalue weighted by Crippen LogP contribution is -2.43. The zero-order valence-corrected chi connectivity index (χ0v) is 20.5. The molecule has 2 amide bonds. The van der Waals surface area contributed by atoms with Gasteiger partial charge < -0.3 is 18.9 Å². The lowest BCUT2D eigenvalue weighted by Gasteiger charge is -2.27. The van der Waals surface area contributed by atoms with Crippen LogP contribution >= 0.6 is 0 Å². The van der Waals surface area contributed by atoms with Crippen LogP contribution in [0.4, 0.5) is 9.59 Å². The minimum absolute atomic E-state index is 0.372. The van der Waals surface area contributed by atoms with Gasteiger partial charge in [-0.1, -0.05) is 0 Å². The van der Waals surface area contributed by atoms with Gasteiger partial charge in [0.2, 0.25) is 0 Å². The molecule has 0 aromatic rings. The van der Waals surface area contributed by atoms with E-state index in [9.17, 15) is 19.2 Å².